The minimum absolute atomic E-state index is 0.310. The van der Waals surface area contributed by atoms with Crippen molar-refractivity contribution in [3.63, 3.8) is 0 Å². The van der Waals surface area contributed by atoms with Gasteiger partial charge in [-0.3, -0.25) is 0 Å². The molecule has 2 rings (SSSR count). The van der Waals surface area contributed by atoms with Gasteiger partial charge in [-0.1, -0.05) is 11.6 Å². The number of morpholine rings is 1. The van der Waals surface area contributed by atoms with Gasteiger partial charge < -0.3 is 19.5 Å². The summed E-state index contributed by atoms with van der Waals surface area (Å²) in [5.41, 5.74) is 1.99. The van der Waals surface area contributed by atoms with Crippen LogP contribution in [0.15, 0.2) is 12.1 Å². The predicted molar refractivity (Wildman–Crippen MR) is 78.8 cm³/mol. The zero-order valence-electron chi connectivity index (χ0n) is 12.1. The van der Waals surface area contributed by atoms with Crippen LogP contribution in [0.2, 0.25) is 5.02 Å². The standard InChI is InChI=1S/C15H22ClNO3/c1-11-7-14(8-12(2)15(11)16)20-10-13(18)9-17-3-5-19-6-4-17/h7-8,13,18H,3-6,9-10H2,1-2H3/p+1/t13-/m0/s1. The number of hydrogen-bond donors (Lipinski definition) is 2. The second kappa shape index (κ2) is 7.27. The molecule has 1 aromatic rings. The van der Waals surface area contributed by atoms with Gasteiger partial charge in [-0.15, -0.1) is 0 Å². The Hall–Kier alpha value is -0.810. The maximum atomic E-state index is 10.0. The van der Waals surface area contributed by atoms with Gasteiger partial charge in [0, 0.05) is 5.02 Å². The van der Waals surface area contributed by atoms with Gasteiger partial charge in [0.05, 0.1) is 13.2 Å². The van der Waals surface area contributed by atoms with E-state index in [4.69, 9.17) is 21.1 Å². The molecule has 0 amide bonds. The molecule has 4 nitrogen and oxygen atoms in total. The molecule has 1 fully saturated rings. The van der Waals surface area contributed by atoms with Crippen molar-refractivity contribution >= 4 is 11.6 Å². The quantitative estimate of drug-likeness (QED) is 0.837. The lowest BCUT2D eigenvalue weighted by atomic mass is 10.1. The molecule has 1 aromatic carbocycles. The van der Waals surface area contributed by atoms with Gasteiger partial charge in [0.2, 0.25) is 0 Å². The highest BCUT2D eigenvalue weighted by molar-refractivity contribution is 6.32. The lowest BCUT2D eigenvalue weighted by Gasteiger charge is -2.25. The van der Waals surface area contributed by atoms with Crippen LogP contribution in [-0.4, -0.2) is 50.7 Å². The van der Waals surface area contributed by atoms with Crippen LogP contribution in [0.3, 0.4) is 0 Å². The molecule has 1 aliphatic rings. The third-order valence-electron chi connectivity index (χ3n) is 3.58. The van der Waals surface area contributed by atoms with E-state index < -0.39 is 6.10 Å². The van der Waals surface area contributed by atoms with Gasteiger partial charge in [0.15, 0.2) is 0 Å². The average molecular weight is 301 g/mol. The van der Waals surface area contributed by atoms with E-state index >= 15 is 0 Å². The summed E-state index contributed by atoms with van der Waals surface area (Å²) in [6, 6.07) is 3.81. The molecule has 2 N–H and O–H groups in total. The molecule has 0 bridgehead atoms. The Labute approximate surface area is 125 Å². The molecule has 0 aliphatic carbocycles. The maximum Gasteiger partial charge on any atom is 0.137 e. The van der Waals surface area contributed by atoms with Gasteiger partial charge in [0.25, 0.3) is 0 Å². The third-order valence-corrected chi connectivity index (χ3v) is 4.17. The summed E-state index contributed by atoms with van der Waals surface area (Å²) in [5.74, 6) is 0.764. The monoisotopic (exact) mass is 300 g/mol. The van der Waals surface area contributed by atoms with Crippen LogP contribution in [0, 0.1) is 13.8 Å². The highest BCUT2D eigenvalue weighted by atomic mass is 35.5. The first-order valence-corrected chi connectivity index (χ1v) is 7.43. The fraction of sp³-hybridized carbons (Fsp3) is 0.600. The van der Waals surface area contributed by atoms with Crippen molar-refractivity contribution in [3.05, 3.63) is 28.3 Å². The number of ether oxygens (including phenoxy) is 2. The van der Waals surface area contributed by atoms with Gasteiger partial charge in [-0.2, -0.15) is 0 Å². The number of aliphatic hydroxyl groups excluding tert-OH is 1. The van der Waals surface area contributed by atoms with Crippen molar-refractivity contribution in [1.82, 2.24) is 0 Å². The largest absolute Gasteiger partial charge is 0.491 e. The van der Waals surface area contributed by atoms with E-state index in [1.165, 1.54) is 4.90 Å². The molecular weight excluding hydrogens is 278 g/mol. The topological polar surface area (TPSA) is 43.1 Å². The smallest absolute Gasteiger partial charge is 0.137 e. The van der Waals surface area contributed by atoms with Crippen LogP contribution >= 0.6 is 11.6 Å². The van der Waals surface area contributed by atoms with Crippen LogP contribution in [0.1, 0.15) is 11.1 Å². The highest BCUT2D eigenvalue weighted by Gasteiger charge is 2.18. The maximum absolute atomic E-state index is 10.0. The van der Waals surface area contributed by atoms with Crippen molar-refractivity contribution in [1.29, 1.82) is 0 Å². The van der Waals surface area contributed by atoms with Crippen LogP contribution in [0.25, 0.3) is 0 Å². The number of aliphatic hydroxyl groups is 1. The van der Waals surface area contributed by atoms with E-state index in [2.05, 4.69) is 0 Å². The summed E-state index contributed by atoms with van der Waals surface area (Å²) >= 11 is 6.12. The lowest BCUT2D eigenvalue weighted by molar-refractivity contribution is -0.911. The molecule has 0 aromatic heterocycles. The SMILES string of the molecule is Cc1cc(OC[C@@H](O)C[NH+]2CCOCC2)cc(C)c1Cl. The van der Waals surface area contributed by atoms with Crippen LogP contribution < -0.4 is 9.64 Å². The number of aryl methyl sites for hydroxylation is 2. The Kier molecular flexibility index (Phi) is 5.66. The Morgan fingerprint density at radius 2 is 1.90 bits per heavy atom. The Morgan fingerprint density at radius 1 is 1.30 bits per heavy atom. The first kappa shape index (κ1) is 15.6. The van der Waals surface area contributed by atoms with E-state index in [0.717, 1.165) is 48.2 Å². The number of nitrogens with one attached hydrogen (secondary N) is 1. The van der Waals surface area contributed by atoms with Crippen molar-refractivity contribution in [2.75, 3.05) is 39.5 Å². The highest BCUT2D eigenvalue weighted by Crippen LogP contribution is 2.25. The molecule has 1 aliphatic heterocycles. The number of rotatable bonds is 5. The molecule has 112 valence electrons. The Balaban J connectivity index is 1.82. The van der Waals surface area contributed by atoms with E-state index in [-0.39, 0.29) is 0 Å². The van der Waals surface area contributed by atoms with E-state index in [0.29, 0.717) is 13.2 Å². The minimum atomic E-state index is -0.459. The Morgan fingerprint density at radius 3 is 2.50 bits per heavy atom. The molecule has 5 heteroatoms. The summed E-state index contributed by atoms with van der Waals surface area (Å²) in [6.45, 7) is 8.39. The first-order chi connectivity index (χ1) is 9.56. The summed E-state index contributed by atoms with van der Waals surface area (Å²) < 4.78 is 11.0. The van der Waals surface area contributed by atoms with Crippen molar-refractivity contribution in [2.24, 2.45) is 0 Å². The van der Waals surface area contributed by atoms with Gasteiger partial charge >= 0.3 is 0 Å². The molecular formula is C15H23ClNO3+. The normalized spacial score (nSPS) is 18.0. The average Bonchev–Trinajstić information content (AvgIpc) is 2.43. The summed E-state index contributed by atoms with van der Waals surface area (Å²) in [5, 5.41) is 10.8. The molecule has 0 unspecified atom stereocenters. The molecule has 0 saturated carbocycles. The second-order valence-corrected chi connectivity index (χ2v) is 5.78. The molecule has 20 heavy (non-hydrogen) atoms. The molecule has 1 heterocycles. The van der Waals surface area contributed by atoms with Crippen LogP contribution in [-0.2, 0) is 4.74 Å². The number of quaternary nitrogens is 1. The summed E-state index contributed by atoms with van der Waals surface area (Å²) in [4.78, 5) is 1.37. The van der Waals surface area contributed by atoms with E-state index in [1.54, 1.807) is 0 Å². The zero-order valence-corrected chi connectivity index (χ0v) is 12.9. The minimum Gasteiger partial charge on any atom is -0.491 e. The molecule has 1 saturated heterocycles. The van der Waals surface area contributed by atoms with Gasteiger partial charge in [-0.25, -0.2) is 0 Å². The molecule has 1 atom stereocenters. The number of hydrogen-bond acceptors (Lipinski definition) is 3. The Bertz CT molecular complexity index is 424. The van der Waals surface area contributed by atoms with Crippen LogP contribution in [0.4, 0.5) is 0 Å². The van der Waals surface area contributed by atoms with E-state index in [1.807, 2.05) is 26.0 Å². The first-order valence-electron chi connectivity index (χ1n) is 7.05. The number of benzene rings is 1. The summed E-state index contributed by atoms with van der Waals surface area (Å²) in [6.07, 6.45) is -0.459. The van der Waals surface area contributed by atoms with E-state index in [9.17, 15) is 5.11 Å². The second-order valence-electron chi connectivity index (χ2n) is 5.40. The molecule has 0 radical (unpaired) electrons. The predicted octanol–water partition coefficient (Wildman–Crippen LogP) is 0.612. The van der Waals surface area contributed by atoms with Crippen molar-refractivity contribution in [2.45, 2.75) is 20.0 Å². The molecule has 0 spiro atoms. The third kappa shape index (κ3) is 4.35. The summed E-state index contributed by atoms with van der Waals surface area (Å²) in [7, 11) is 0. The fourth-order valence-corrected chi connectivity index (χ4v) is 2.55. The zero-order chi connectivity index (χ0) is 14.5. The van der Waals surface area contributed by atoms with Gasteiger partial charge in [0.1, 0.15) is 38.1 Å². The van der Waals surface area contributed by atoms with Gasteiger partial charge in [-0.05, 0) is 37.1 Å². The van der Waals surface area contributed by atoms with Crippen LogP contribution in [0.5, 0.6) is 5.75 Å². The fourth-order valence-electron chi connectivity index (χ4n) is 2.44. The lowest BCUT2D eigenvalue weighted by Crippen LogP contribution is -3.15. The van der Waals surface area contributed by atoms with Crippen molar-refractivity contribution < 1.29 is 19.5 Å². The number of halogens is 1. The van der Waals surface area contributed by atoms with Crippen molar-refractivity contribution in [3.8, 4) is 5.75 Å².